The molecule has 3 atom stereocenters. The summed E-state index contributed by atoms with van der Waals surface area (Å²) in [6.07, 6.45) is -1.000. The lowest BCUT2D eigenvalue weighted by atomic mass is 9.84. The molecule has 0 radical (unpaired) electrons. The number of hydrogen-bond donors (Lipinski definition) is 0. The summed E-state index contributed by atoms with van der Waals surface area (Å²) in [7, 11) is 0. The van der Waals surface area contributed by atoms with Crippen molar-refractivity contribution in [3.05, 3.63) is 121 Å². The SMILES string of the molecule is O=C1[C@@H]2[C@@H](c3c4ccccc4cc4ccccc34)N(c3ccccc3)O[C@H]2C(=O)N1c1ccc(F)cc1. The van der Waals surface area contributed by atoms with Crippen LogP contribution in [0.4, 0.5) is 15.8 Å². The van der Waals surface area contributed by atoms with E-state index in [0.717, 1.165) is 37.7 Å². The first kappa shape index (κ1) is 21.7. The van der Waals surface area contributed by atoms with Crippen molar-refractivity contribution in [2.45, 2.75) is 12.1 Å². The molecule has 2 heterocycles. The van der Waals surface area contributed by atoms with Crippen LogP contribution < -0.4 is 9.96 Å². The Bertz CT molecular complexity index is 1630. The average Bonchev–Trinajstić information content (AvgIpc) is 3.44. The second kappa shape index (κ2) is 8.25. The Balaban J connectivity index is 1.47. The lowest BCUT2D eigenvalue weighted by molar-refractivity contribution is -0.126. The van der Waals surface area contributed by atoms with Crippen molar-refractivity contribution in [2.24, 2.45) is 5.92 Å². The number of amides is 2. The molecule has 7 rings (SSSR count). The summed E-state index contributed by atoms with van der Waals surface area (Å²) < 4.78 is 13.6. The number of carbonyl (C=O) groups excluding carboxylic acids is 2. The van der Waals surface area contributed by atoms with Crippen molar-refractivity contribution in [3.63, 3.8) is 0 Å². The van der Waals surface area contributed by atoms with E-state index in [0.29, 0.717) is 5.69 Å². The molecule has 0 aliphatic carbocycles. The number of para-hydroxylation sites is 1. The number of carbonyl (C=O) groups is 2. The van der Waals surface area contributed by atoms with E-state index in [1.54, 1.807) is 5.06 Å². The molecule has 2 aliphatic rings. The highest BCUT2D eigenvalue weighted by molar-refractivity contribution is 6.24. The second-order valence-corrected chi connectivity index (χ2v) is 9.38. The third-order valence-corrected chi connectivity index (χ3v) is 7.32. The van der Waals surface area contributed by atoms with Crippen molar-refractivity contribution < 1.29 is 18.8 Å². The van der Waals surface area contributed by atoms with Gasteiger partial charge < -0.3 is 0 Å². The van der Waals surface area contributed by atoms with Crippen LogP contribution in [-0.2, 0) is 14.4 Å². The standard InChI is InChI=1S/C31H21FN2O3/c32-21-14-16-22(17-15-21)33-30(35)27-28(34(37-29(27)31(33)36)23-10-2-1-3-11-23)26-24-12-6-4-8-19(24)18-20-9-5-7-13-25(20)26/h1-18,27-29H/t27-,28-,29-/m1/s1. The first-order valence-electron chi connectivity index (χ1n) is 12.2. The highest BCUT2D eigenvalue weighted by Gasteiger charge is 2.60. The van der Waals surface area contributed by atoms with Crippen LogP contribution in [-0.4, -0.2) is 17.9 Å². The second-order valence-electron chi connectivity index (χ2n) is 9.38. The van der Waals surface area contributed by atoms with Crippen molar-refractivity contribution >= 4 is 44.7 Å². The Morgan fingerprint density at radius 3 is 1.89 bits per heavy atom. The van der Waals surface area contributed by atoms with Crippen LogP contribution in [0.15, 0.2) is 109 Å². The van der Waals surface area contributed by atoms with Gasteiger partial charge in [0.1, 0.15) is 11.7 Å². The van der Waals surface area contributed by atoms with E-state index in [-0.39, 0.29) is 5.91 Å². The van der Waals surface area contributed by atoms with Gasteiger partial charge in [0.25, 0.3) is 5.91 Å². The van der Waals surface area contributed by atoms with Crippen molar-refractivity contribution in [3.8, 4) is 0 Å². The van der Waals surface area contributed by atoms with Gasteiger partial charge in [-0.2, -0.15) is 0 Å². The topological polar surface area (TPSA) is 49.9 Å². The van der Waals surface area contributed by atoms with Gasteiger partial charge in [-0.1, -0.05) is 66.7 Å². The number of hydrogen-bond acceptors (Lipinski definition) is 4. The molecule has 5 aromatic carbocycles. The molecule has 5 aromatic rings. The monoisotopic (exact) mass is 488 g/mol. The molecule has 0 spiro atoms. The summed E-state index contributed by atoms with van der Waals surface area (Å²) in [5.41, 5.74) is 2.03. The Morgan fingerprint density at radius 1 is 0.649 bits per heavy atom. The zero-order chi connectivity index (χ0) is 25.1. The van der Waals surface area contributed by atoms with Crippen LogP contribution in [0.3, 0.4) is 0 Å². The van der Waals surface area contributed by atoms with Crippen LogP contribution >= 0.6 is 0 Å². The quantitative estimate of drug-likeness (QED) is 0.225. The van der Waals surface area contributed by atoms with Gasteiger partial charge in [-0.25, -0.2) is 14.4 Å². The van der Waals surface area contributed by atoms with Gasteiger partial charge in [0.15, 0.2) is 6.10 Å². The summed E-state index contributed by atoms with van der Waals surface area (Å²) in [6, 6.07) is 32.6. The number of imide groups is 1. The summed E-state index contributed by atoms with van der Waals surface area (Å²) in [5.74, 6) is -2.03. The Hall–Kier alpha value is -4.55. The summed E-state index contributed by atoms with van der Waals surface area (Å²) >= 11 is 0. The molecular weight excluding hydrogens is 467 g/mol. The third-order valence-electron chi connectivity index (χ3n) is 7.32. The largest absolute Gasteiger partial charge is 0.273 e. The predicted octanol–water partition coefficient (Wildman–Crippen LogP) is 6.18. The van der Waals surface area contributed by atoms with Gasteiger partial charge in [0.2, 0.25) is 5.91 Å². The van der Waals surface area contributed by atoms with E-state index in [2.05, 4.69) is 18.2 Å². The van der Waals surface area contributed by atoms with E-state index in [1.807, 2.05) is 66.7 Å². The minimum atomic E-state index is -1.000. The molecule has 37 heavy (non-hydrogen) atoms. The minimum Gasteiger partial charge on any atom is -0.273 e. The number of hydroxylamine groups is 1. The van der Waals surface area contributed by atoms with Gasteiger partial charge in [-0.3, -0.25) is 14.4 Å². The fourth-order valence-corrected chi connectivity index (χ4v) is 5.72. The first-order valence-corrected chi connectivity index (χ1v) is 12.2. The van der Waals surface area contributed by atoms with Crippen molar-refractivity contribution in [2.75, 3.05) is 9.96 Å². The zero-order valence-corrected chi connectivity index (χ0v) is 19.6. The van der Waals surface area contributed by atoms with Crippen molar-refractivity contribution in [1.82, 2.24) is 0 Å². The highest BCUT2D eigenvalue weighted by Crippen LogP contribution is 2.50. The minimum absolute atomic E-state index is 0.335. The maximum atomic E-state index is 14.0. The number of anilines is 2. The maximum absolute atomic E-state index is 14.0. The van der Waals surface area contributed by atoms with E-state index < -0.39 is 29.8 Å². The molecule has 0 N–H and O–H groups in total. The molecule has 0 bridgehead atoms. The summed E-state index contributed by atoms with van der Waals surface area (Å²) in [6.45, 7) is 0. The molecule has 5 nitrogen and oxygen atoms in total. The smallest absolute Gasteiger partial charge is 0.266 e. The number of rotatable bonds is 3. The zero-order valence-electron chi connectivity index (χ0n) is 19.6. The normalized spacial score (nSPS) is 21.3. The number of benzene rings is 5. The van der Waals surface area contributed by atoms with E-state index in [9.17, 15) is 14.0 Å². The Kier molecular flexibility index (Phi) is 4.84. The van der Waals surface area contributed by atoms with Gasteiger partial charge in [0, 0.05) is 0 Å². The maximum Gasteiger partial charge on any atom is 0.266 e. The predicted molar refractivity (Wildman–Crippen MR) is 140 cm³/mol. The third kappa shape index (κ3) is 3.26. The van der Waals surface area contributed by atoms with Crippen LogP contribution in [0.25, 0.3) is 21.5 Å². The first-order chi connectivity index (χ1) is 18.1. The van der Waals surface area contributed by atoms with Crippen LogP contribution in [0.1, 0.15) is 11.6 Å². The summed E-state index contributed by atoms with van der Waals surface area (Å²) in [5, 5.41) is 5.80. The molecule has 0 unspecified atom stereocenters. The van der Waals surface area contributed by atoms with Crippen LogP contribution in [0, 0.1) is 11.7 Å². The fourth-order valence-electron chi connectivity index (χ4n) is 5.72. The van der Waals surface area contributed by atoms with Crippen LogP contribution in [0.5, 0.6) is 0 Å². The van der Waals surface area contributed by atoms with E-state index in [4.69, 9.17) is 4.84 Å². The molecule has 2 saturated heterocycles. The molecule has 180 valence electrons. The van der Waals surface area contributed by atoms with E-state index in [1.165, 1.54) is 24.3 Å². The highest BCUT2D eigenvalue weighted by atomic mass is 19.1. The fraction of sp³-hybridized carbons (Fsp3) is 0.0968. The number of nitrogens with zero attached hydrogens (tertiary/aromatic N) is 2. The molecule has 2 fully saturated rings. The lowest BCUT2D eigenvalue weighted by Crippen LogP contribution is -2.37. The molecule has 2 aliphatic heterocycles. The van der Waals surface area contributed by atoms with Crippen molar-refractivity contribution in [1.29, 1.82) is 0 Å². The molecule has 6 heteroatoms. The molecule has 2 amide bonds. The summed E-state index contributed by atoms with van der Waals surface area (Å²) in [4.78, 5) is 35.1. The van der Waals surface area contributed by atoms with Gasteiger partial charge in [-0.15, -0.1) is 0 Å². The lowest BCUT2D eigenvalue weighted by Gasteiger charge is -2.30. The molecule has 0 saturated carbocycles. The van der Waals surface area contributed by atoms with Gasteiger partial charge in [-0.05, 0) is 69.6 Å². The van der Waals surface area contributed by atoms with Gasteiger partial charge >= 0.3 is 0 Å². The molecular formula is C31H21FN2O3. The average molecular weight is 489 g/mol. The number of fused-ring (bicyclic) bond motifs is 3. The Labute approximate surface area is 212 Å². The number of halogens is 1. The van der Waals surface area contributed by atoms with Gasteiger partial charge in [0.05, 0.1) is 17.4 Å². The van der Waals surface area contributed by atoms with Crippen LogP contribution in [0.2, 0.25) is 0 Å². The van der Waals surface area contributed by atoms with E-state index >= 15 is 0 Å². The Morgan fingerprint density at radius 2 is 1.24 bits per heavy atom. The molecule has 0 aromatic heterocycles.